The molecule has 31 heavy (non-hydrogen) atoms. The number of para-hydroxylation sites is 1. The second-order valence-corrected chi connectivity index (χ2v) is 9.36. The molecule has 2 aromatic carbocycles. The Kier molecular flexibility index (Phi) is 8.36. The lowest BCUT2D eigenvalue weighted by atomic mass is 9.97. The van der Waals surface area contributed by atoms with Crippen LogP contribution in [0.4, 0.5) is 5.69 Å². The fourth-order valence-corrected chi connectivity index (χ4v) is 3.96. The van der Waals surface area contributed by atoms with Gasteiger partial charge in [0.2, 0.25) is 10.0 Å². The molecule has 168 valence electrons. The summed E-state index contributed by atoms with van der Waals surface area (Å²) in [6, 6.07) is 12.2. The Bertz CT molecular complexity index is 1050. The average Bonchev–Trinajstić information content (AvgIpc) is 2.74. The Balaban J connectivity index is 1.95. The third-order valence-electron chi connectivity index (χ3n) is 5.23. The molecule has 7 nitrogen and oxygen atoms in total. The van der Waals surface area contributed by atoms with Crippen molar-refractivity contribution in [3.63, 3.8) is 0 Å². The minimum Gasteiger partial charge on any atom is -0.452 e. The predicted molar refractivity (Wildman–Crippen MR) is 120 cm³/mol. The van der Waals surface area contributed by atoms with Crippen LogP contribution in [0, 0.1) is 13.8 Å². The molecule has 2 atom stereocenters. The Labute approximate surface area is 184 Å². The van der Waals surface area contributed by atoms with Gasteiger partial charge < -0.3 is 10.1 Å². The molecule has 1 amide bonds. The standard InChI is InChI=1S/C23H30N2O5S/c1-6-15(2)20-9-7-8-10-21(20)25-23(27)18(5)30-22(26)14-24-31(28,29)19-12-11-16(3)17(4)13-19/h7-13,15,18,24H,6,14H2,1-5H3,(H,25,27). The normalized spacial score (nSPS) is 13.3. The van der Waals surface area contributed by atoms with E-state index in [4.69, 9.17) is 4.74 Å². The van der Waals surface area contributed by atoms with Crippen LogP contribution in [-0.4, -0.2) is 32.9 Å². The van der Waals surface area contributed by atoms with Crippen molar-refractivity contribution in [2.75, 3.05) is 11.9 Å². The molecule has 0 aromatic heterocycles. The first kappa shape index (κ1) is 24.6. The van der Waals surface area contributed by atoms with Crippen molar-refractivity contribution in [2.45, 2.75) is 58.0 Å². The van der Waals surface area contributed by atoms with Crippen LogP contribution in [0.5, 0.6) is 0 Å². The van der Waals surface area contributed by atoms with Crippen LogP contribution in [0.1, 0.15) is 49.8 Å². The zero-order chi connectivity index (χ0) is 23.2. The lowest BCUT2D eigenvalue weighted by Gasteiger charge is -2.18. The SMILES string of the molecule is CCC(C)c1ccccc1NC(=O)C(C)OC(=O)CNS(=O)(=O)c1ccc(C)c(C)c1. The number of ether oxygens (including phenoxy) is 1. The molecule has 8 heteroatoms. The average molecular weight is 447 g/mol. The van der Waals surface area contributed by atoms with E-state index in [2.05, 4.69) is 23.9 Å². The monoisotopic (exact) mass is 446 g/mol. The van der Waals surface area contributed by atoms with Crippen molar-refractivity contribution in [3.8, 4) is 0 Å². The number of amides is 1. The molecule has 2 rings (SSSR count). The van der Waals surface area contributed by atoms with Gasteiger partial charge in [0.1, 0.15) is 6.54 Å². The number of carbonyl (C=O) groups is 2. The molecule has 0 aliphatic carbocycles. The molecule has 0 aliphatic heterocycles. The van der Waals surface area contributed by atoms with Gasteiger partial charge in [-0.3, -0.25) is 9.59 Å². The molecule has 0 radical (unpaired) electrons. The molecule has 0 bridgehead atoms. The van der Waals surface area contributed by atoms with Gasteiger partial charge >= 0.3 is 5.97 Å². The first-order chi connectivity index (χ1) is 14.5. The topological polar surface area (TPSA) is 102 Å². The fraction of sp³-hybridized carbons (Fsp3) is 0.391. The summed E-state index contributed by atoms with van der Waals surface area (Å²) >= 11 is 0. The quantitative estimate of drug-likeness (QED) is 0.573. The summed E-state index contributed by atoms with van der Waals surface area (Å²) in [5, 5.41) is 2.79. The van der Waals surface area contributed by atoms with Gasteiger partial charge in [-0.2, -0.15) is 4.72 Å². The van der Waals surface area contributed by atoms with Gasteiger partial charge in [0, 0.05) is 5.69 Å². The van der Waals surface area contributed by atoms with Gasteiger partial charge in [0.15, 0.2) is 6.10 Å². The molecule has 2 N–H and O–H groups in total. The van der Waals surface area contributed by atoms with Crippen molar-refractivity contribution in [3.05, 3.63) is 59.2 Å². The molecule has 2 aromatic rings. The van der Waals surface area contributed by atoms with Gasteiger partial charge in [-0.15, -0.1) is 0 Å². The maximum atomic E-state index is 12.5. The minimum atomic E-state index is -3.87. The largest absolute Gasteiger partial charge is 0.452 e. The Morgan fingerprint density at radius 2 is 1.71 bits per heavy atom. The first-order valence-electron chi connectivity index (χ1n) is 10.2. The molecule has 0 saturated carbocycles. The van der Waals surface area contributed by atoms with Crippen molar-refractivity contribution in [2.24, 2.45) is 0 Å². The molecule has 2 unspecified atom stereocenters. The summed E-state index contributed by atoms with van der Waals surface area (Å²) in [4.78, 5) is 24.6. The lowest BCUT2D eigenvalue weighted by molar-refractivity contribution is -0.151. The van der Waals surface area contributed by atoms with Gasteiger partial charge in [0.25, 0.3) is 5.91 Å². The highest BCUT2D eigenvalue weighted by molar-refractivity contribution is 7.89. The van der Waals surface area contributed by atoms with E-state index < -0.39 is 34.5 Å². The first-order valence-corrected chi connectivity index (χ1v) is 11.7. The van der Waals surface area contributed by atoms with Crippen molar-refractivity contribution in [1.82, 2.24) is 4.72 Å². The number of esters is 1. The zero-order valence-electron chi connectivity index (χ0n) is 18.6. The maximum Gasteiger partial charge on any atom is 0.321 e. The second kappa shape index (κ2) is 10.5. The van der Waals surface area contributed by atoms with Crippen LogP contribution in [0.3, 0.4) is 0 Å². The van der Waals surface area contributed by atoms with E-state index in [0.717, 1.165) is 23.1 Å². The Morgan fingerprint density at radius 1 is 1.03 bits per heavy atom. The number of sulfonamides is 1. The van der Waals surface area contributed by atoms with Crippen LogP contribution < -0.4 is 10.0 Å². The molecule has 0 fully saturated rings. The van der Waals surface area contributed by atoms with E-state index in [9.17, 15) is 18.0 Å². The van der Waals surface area contributed by atoms with E-state index in [1.54, 1.807) is 12.1 Å². The third kappa shape index (κ3) is 6.63. The number of hydrogen-bond donors (Lipinski definition) is 2. The predicted octanol–water partition coefficient (Wildman–Crippen LogP) is 3.67. The lowest BCUT2D eigenvalue weighted by Crippen LogP contribution is -2.36. The number of nitrogens with one attached hydrogen (secondary N) is 2. The van der Waals surface area contributed by atoms with Crippen molar-refractivity contribution >= 4 is 27.6 Å². The number of hydrogen-bond acceptors (Lipinski definition) is 5. The molecule has 0 heterocycles. The van der Waals surface area contributed by atoms with Gasteiger partial charge in [-0.25, -0.2) is 8.42 Å². The highest BCUT2D eigenvalue weighted by Gasteiger charge is 2.22. The molecular formula is C23H30N2O5S. The van der Waals surface area contributed by atoms with Crippen LogP contribution in [0.25, 0.3) is 0 Å². The molecule has 0 aliphatic rings. The molecule has 0 saturated heterocycles. The summed E-state index contributed by atoms with van der Waals surface area (Å²) in [5.41, 5.74) is 3.46. The maximum absolute atomic E-state index is 12.5. The number of carbonyl (C=O) groups excluding carboxylic acids is 2. The number of anilines is 1. The van der Waals surface area contributed by atoms with E-state index in [-0.39, 0.29) is 10.8 Å². The number of aryl methyl sites for hydroxylation is 2. The van der Waals surface area contributed by atoms with Crippen LogP contribution in [0.15, 0.2) is 47.4 Å². The summed E-state index contributed by atoms with van der Waals surface area (Å²) < 4.78 is 32.1. The van der Waals surface area contributed by atoms with E-state index in [1.807, 2.05) is 32.0 Å². The summed E-state index contributed by atoms with van der Waals surface area (Å²) in [7, 11) is -3.87. The fourth-order valence-electron chi connectivity index (χ4n) is 2.91. The van der Waals surface area contributed by atoms with Crippen LogP contribution in [0.2, 0.25) is 0 Å². The van der Waals surface area contributed by atoms with Crippen molar-refractivity contribution < 1.29 is 22.7 Å². The minimum absolute atomic E-state index is 0.0656. The molecule has 0 spiro atoms. The number of benzene rings is 2. The highest BCUT2D eigenvalue weighted by atomic mass is 32.2. The number of rotatable bonds is 9. The zero-order valence-corrected chi connectivity index (χ0v) is 19.4. The smallest absolute Gasteiger partial charge is 0.321 e. The summed E-state index contributed by atoms with van der Waals surface area (Å²) in [6.07, 6.45) is -0.165. The third-order valence-corrected chi connectivity index (χ3v) is 6.63. The van der Waals surface area contributed by atoms with E-state index in [1.165, 1.54) is 19.1 Å². The van der Waals surface area contributed by atoms with Crippen LogP contribution in [-0.2, 0) is 24.3 Å². The molecular weight excluding hydrogens is 416 g/mol. The van der Waals surface area contributed by atoms with Gasteiger partial charge in [0.05, 0.1) is 4.90 Å². The van der Waals surface area contributed by atoms with Crippen LogP contribution >= 0.6 is 0 Å². The van der Waals surface area contributed by atoms with Crippen molar-refractivity contribution in [1.29, 1.82) is 0 Å². The highest BCUT2D eigenvalue weighted by Crippen LogP contribution is 2.26. The summed E-state index contributed by atoms with van der Waals surface area (Å²) in [5.74, 6) is -1.07. The Morgan fingerprint density at radius 3 is 2.35 bits per heavy atom. The Hall–Kier alpha value is -2.71. The summed E-state index contributed by atoms with van der Waals surface area (Å²) in [6.45, 7) is 8.68. The van der Waals surface area contributed by atoms with Gasteiger partial charge in [-0.1, -0.05) is 38.1 Å². The second-order valence-electron chi connectivity index (χ2n) is 7.59. The van der Waals surface area contributed by atoms with E-state index in [0.29, 0.717) is 5.69 Å². The van der Waals surface area contributed by atoms with Gasteiger partial charge in [-0.05, 0) is 68.0 Å². The van der Waals surface area contributed by atoms with E-state index >= 15 is 0 Å².